The van der Waals surface area contributed by atoms with Crippen LogP contribution in [0.2, 0.25) is 0 Å². The quantitative estimate of drug-likeness (QED) is 0.868. The smallest absolute Gasteiger partial charge is 0.259 e. The molecule has 0 bridgehead atoms. The van der Waals surface area contributed by atoms with Gasteiger partial charge in [-0.25, -0.2) is 17.7 Å². The third-order valence-electron chi connectivity index (χ3n) is 3.12. The molecule has 0 spiro atoms. The van der Waals surface area contributed by atoms with Crippen molar-refractivity contribution in [2.24, 2.45) is 0 Å². The summed E-state index contributed by atoms with van der Waals surface area (Å²) in [4.78, 5) is 15.9. The molecule has 1 saturated heterocycles. The number of amides is 1. The number of nitrogens with one attached hydrogen (secondary N) is 1. The Morgan fingerprint density at radius 3 is 2.67 bits per heavy atom. The second-order valence-electron chi connectivity index (χ2n) is 4.59. The minimum atomic E-state index is -3.54. The normalized spacial score (nSPS) is 20.4. The number of nitrogens with zero attached hydrogens (tertiary/aromatic N) is 2. The van der Waals surface area contributed by atoms with E-state index in [1.54, 1.807) is 25.4 Å². The van der Waals surface area contributed by atoms with Gasteiger partial charge in [-0.1, -0.05) is 6.07 Å². The molecule has 2 heterocycles. The topological polar surface area (TPSA) is 79.4 Å². The van der Waals surface area contributed by atoms with Gasteiger partial charge < -0.3 is 5.32 Å². The number of aromatic nitrogens is 1. The van der Waals surface area contributed by atoms with Crippen molar-refractivity contribution in [2.45, 2.75) is 25.1 Å². The summed E-state index contributed by atoms with van der Waals surface area (Å²) in [5.74, 6) is 0.193. The van der Waals surface area contributed by atoms with Gasteiger partial charge in [0.15, 0.2) is 4.75 Å². The molecule has 1 N–H and O–H groups in total. The highest BCUT2D eigenvalue weighted by Crippen LogP contribution is 2.36. The first-order chi connectivity index (χ1) is 8.32. The van der Waals surface area contributed by atoms with Crippen LogP contribution < -0.4 is 5.32 Å². The van der Waals surface area contributed by atoms with E-state index in [1.807, 2.05) is 0 Å². The van der Waals surface area contributed by atoms with E-state index >= 15 is 0 Å². The SMILES string of the molecule is CNc1ncccc1CN1C(=O)C(C)(C)S1(=O)=O. The van der Waals surface area contributed by atoms with Crippen LogP contribution in [0.1, 0.15) is 19.4 Å². The maximum absolute atomic E-state index is 11.9. The molecule has 1 aliphatic heterocycles. The van der Waals surface area contributed by atoms with Crippen LogP contribution in [-0.4, -0.2) is 35.4 Å². The van der Waals surface area contributed by atoms with Crippen molar-refractivity contribution in [2.75, 3.05) is 12.4 Å². The van der Waals surface area contributed by atoms with Gasteiger partial charge in [-0.3, -0.25) is 4.79 Å². The molecule has 0 unspecified atom stereocenters. The van der Waals surface area contributed by atoms with Crippen molar-refractivity contribution >= 4 is 21.7 Å². The van der Waals surface area contributed by atoms with Gasteiger partial charge >= 0.3 is 0 Å². The third kappa shape index (κ3) is 1.58. The van der Waals surface area contributed by atoms with E-state index < -0.39 is 14.8 Å². The van der Waals surface area contributed by atoms with E-state index in [2.05, 4.69) is 10.3 Å². The number of pyridine rings is 1. The summed E-state index contributed by atoms with van der Waals surface area (Å²) < 4.78 is 23.5. The molecule has 0 atom stereocenters. The van der Waals surface area contributed by atoms with Gasteiger partial charge in [0.05, 0.1) is 6.54 Å². The molecular weight excluding hydrogens is 254 g/mol. The zero-order valence-corrected chi connectivity index (χ0v) is 11.3. The first-order valence-electron chi connectivity index (χ1n) is 5.50. The van der Waals surface area contributed by atoms with Gasteiger partial charge in [0.2, 0.25) is 0 Å². The van der Waals surface area contributed by atoms with Crippen molar-refractivity contribution < 1.29 is 13.2 Å². The van der Waals surface area contributed by atoms with E-state index in [0.717, 1.165) is 4.31 Å². The van der Waals surface area contributed by atoms with Crippen molar-refractivity contribution in [1.29, 1.82) is 0 Å². The number of carbonyl (C=O) groups is 1. The molecule has 1 aromatic rings. The fourth-order valence-electron chi connectivity index (χ4n) is 1.86. The van der Waals surface area contributed by atoms with E-state index in [1.165, 1.54) is 13.8 Å². The minimum absolute atomic E-state index is 0.0224. The van der Waals surface area contributed by atoms with Gasteiger partial charge in [0.25, 0.3) is 15.9 Å². The minimum Gasteiger partial charge on any atom is -0.373 e. The molecule has 1 fully saturated rings. The fourth-order valence-corrected chi connectivity index (χ4v) is 3.36. The Labute approximate surface area is 106 Å². The molecule has 6 nitrogen and oxygen atoms in total. The predicted molar refractivity (Wildman–Crippen MR) is 67.3 cm³/mol. The number of hydrogen-bond acceptors (Lipinski definition) is 5. The maximum Gasteiger partial charge on any atom is 0.259 e. The van der Waals surface area contributed by atoms with Crippen LogP contribution in [0, 0.1) is 0 Å². The largest absolute Gasteiger partial charge is 0.373 e. The molecule has 0 saturated carbocycles. The molecule has 0 aromatic carbocycles. The number of anilines is 1. The molecular formula is C11H15N3O3S. The molecule has 18 heavy (non-hydrogen) atoms. The Balaban J connectivity index is 2.30. The number of rotatable bonds is 3. The lowest BCUT2D eigenvalue weighted by Crippen LogP contribution is -2.66. The third-order valence-corrected chi connectivity index (χ3v) is 5.46. The summed E-state index contributed by atoms with van der Waals surface area (Å²) in [6, 6.07) is 3.45. The summed E-state index contributed by atoms with van der Waals surface area (Å²) in [7, 11) is -1.85. The van der Waals surface area contributed by atoms with Crippen LogP contribution in [-0.2, 0) is 21.4 Å². The molecule has 1 amide bonds. The molecule has 1 aliphatic rings. The monoisotopic (exact) mass is 269 g/mol. The Morgan fingerprint density at radius 2 is 2.11 bits per heavy atom. The van der Waals surface area contributed by atoms with Gasteiger partial charge in [-0.15, -0.1) is 0 Å². The first-order valence-corrected chi connectivity index (χ1v) is 6.94. The fraction of sp³-hybridized carbons (Fsp3) is 0.455. The van der Waals surface area contributed by atoms with Crippen molar-refractivity contribution in [3.63, 3.8) is 0 Å². The predicted octanol–water partition coefficient (Wildman–Crippen LogP) is 0.574. The second-order valence-corrected chi connectivity index (χ2v) is 7.00. The summed E-state index contributed by atoms with van der Waals surface area (Å²) >= 11 is 0. The number of hydrogen-bond donors (Lipinski definition) is 1. The number of sulfonamides is 1. The van der Waals surface area contributed by atoms with Crippen molar-refractivity contribution in [3.8, 4) is 0 Å². The lowest BCUT2D eigenvalue weighted by atomic mass is 10.1. The van der Waals surface area contributed by atoms with Crippen LogP contribution in [0.4, 0.5) is 5.82 Å². The van der Waals surface area contributed by atoms with Gasteiger partial charge in [0, 0.05) is 18.8 Å². The Bertz CT molecular complexity index is 595. The van der Waals surface area contributed by atoms with Crippen LogP contribution >= 0.6 is 0 Å². The average molecular weight is 269 g/mol. The van der Waals surface area contributed by atoms with E-state index in [-0.39, 0.29) is 12.5 Å². The van der Waals surface area contributed by atoms with E-state index in [4.69, 9.17) is 0 Å². The van der Waals surface area contributed by atoms with Crippen molar-refractivity contribution in [3.05, 3.63) is 23.9 Å². The van der Waals surface area contributed by atoms with Crippen LogP contribution in [0.5, 0.6) is 0 Å². The van der Waals surface area contributed by atoms with Gasteiger partial charge in [-0.05, 0) is 19.9 Å². The second kappa shape index (κ2) is 3.94. The Kier molecular flexibility index (Phi) is 2.81. The first kappa shape index (κ1) is 12.8. The molecule has 0 aliphatic carbocycles. The zero-order valence-electron chi connectivity index (χ0n) is 10.5. The maximum atomic E-state index is 11.9. The Morgan fingerprint density at radius 1 is 1.44 bits per heavy atom. The molecule has 7 heteroatoms. The number of carbonyl (C=O) groups excluding carboxylic acids is 1. The molecule has 2 rings (SSSR count). The lowest BCUT2D eigenvalue weighted by molar-refractivity contribution is -0.132. The summed E-state index contributed by atoms with van der Waals surface area (Å²) in [6.45, 7) is 2.86. The standard InChI is InChI=1S/C11H15N3O3S/c1-11(2)10(15)14(18(11,16)17)7-8-5-4-6-13-9(8)12-3/h4-6H,7H2,1-3H3,(H,12,13). The molecule has 1 aromatic heterocycles. The highest BCUT2D eigenvalue weighted by atomic mass is 32.2. The summed E-state index contributed by atoms with van der Waals surface area (Å²) in [5, 5.41) is 2.87. The van der Waals surface area contributed by atoms with Gasteiger partial charge in [0.1, 0.15) is 5.82 Å². The van der Waals surface area contributed by atoms with Crippen LogP contribution in [0.3, 0.4) is 0 Å². The van der Waals surface area contributed by atoms with Crippen molar-refractivity contribution in [1.82, 2.24) is 9.29 Å². The van der Waals surface area contributed by atoms with Crippen LogP contribution in [0.15, 0.2) is 18.3 Å². The average Bonchev–Trinajstić information content (AvgIpc) is 2.35. The zero-order chi connectivity index (χ0) is 13.6. The Hall–Kier alpha value is -1.63. The van der Waals surface area contributed by atoms with E-state index in [9.17, 15) is 13.2 Å². The van der Waals surface area contributed by atoms with E-state index in [0.29, 0.717) is 11.4 Å². The lowest BCUT2D eigenvalue weighted by Gasteiger charge is -2.43. The van der Waals surface area contributed by atoms with Crippen LogP contribution in [0.25, 0.3) is 0 Å². The highest BCUT2D eigenvalue weighted by molar-refractivity contribution is 7.94. The highest BCUT2D eigenvalue weighted by Gasteiger charge is 2.59. The van der Waals surface area contributed by atoms with Gasteiger partial charge in [-0.2, -0.15) is 0 Å². The molecule has 98 valence electrons. The molecule has 0 radical (unpaired) electrons. The summed E-state index contributed by atoms with van der Waals surface area (Å²) in [6.07, 6.45) is 1.60. The summed E-state index contributed by atoms with van der Waals surface area (Å²) in [5.41, 5.74) is 0.674.